The lowest BCUT2D eigenvalue weighted by atomic mass is 9.98. The molecule has 1 aliphatic carbocycles. The lowest BCUT2D eigenvalue weighted by molar-refractivity contribution is -0.155. The Bertz CT molecular complexity index is 1190. The highest BCUT2D eigenvalue weighted by molar-refractivity contribution is 6.36. The molecule has 1 atom stereocenters. The van der Waals surface area contributed by atoms with E-state index < -0.39 is 23.9 Å². The highest BCUT2D eigenvalue weighted by Crippen LogP contribution is 2.44. The van der Waals surface area contributed by atoms with Gasteiger partial charge in [-0.05, 0) is 58.9 Å². The first kappa shape index (κ1) is 26.4. The number of unbranched alkanes of at least 4 members (excludes halogenated alkanes) is 1. The highest BCUT2D eigenvalue weighted by Gasteiger charge is 2.32. The fourth-order valence-corrected chi connectivity index (χ4v) is 4.66. The van der Waals surface area contributed by atoms with Crippen LogP contribution in [0.4, 0.5) is 4.79 Å². The summed E-state index contributed by atoms with van der Waals surface area (Å²) in [6, 6.07) is 24.1. The maximum absolute atomic E-state index is 13.0. The highest BCUT2D eigenvalue weighted by atomic mass is 35.5. The van der Waals surface area contributed by atoms with Gasteiger partial charge < -0.3 is 14.8 Å². The molecule has 37 heavy (non-hydrogen) atoms. The predicted octanol–water partition coefficient (Wildman–Crippen LogP) is 5.12. The normalized spacial score (nSPS) is 12.8. The third-order valence-corrected chi connectivity index (χ3v) is 6.57. The molecular weight excluding hydrogens is 492 g/mol. The predicted molar refractivity (Wildman–Crippen MR) is 141 cm³/mol. The summed E-state index contributed by atoms with van der Waals surface area (Å²) in [6.07, 6.45) is 0.705. The molecule has 0 saturated heterocycles. The summed E-state index contributed by atoms with van der Waals surface area (Å²) >= 11 is 5.51. The topological polar surface area (TPSA) is 93.7 Å². The number of rotatable bonds is 12. The molecule has 0 unspecified atom stereocenters. The molecule has 3 aromatic carbocycles. The van der Waals surface area contributed by atoms with Crippen LogP contribution < -0.4 is 10.2 Å². The number of ketones is 1. The molecule has 0 aliphatic heterocycles. The number of ether oxygens (including phenoxy) is 2. The number of carbonyl (C=O) groups excluding carboxylic acids is 3. The average Bonchev–Trinajstić information content (AvgIpc) is 3.26. The van der Waals surface area contributed by atoms with Crippen molar-refractivity contribution in [2.75, 3.05) is 13.2 Å². The Hall–Kier alpha value is -3.68. The van der Waals surface area contributed by atoms with Gasteiger partial charge in [0.05, 0.1) is 0 Å². The number of Topliss-reactive ketones (excluding diaryl/α,β-unsaturated/α-hetero) is 1. The van der Waals surface area contributed by atoms with Gasteiger partial charge in [-0.25, -0.2) is 14.4 Å². The van der Waals surface area contributed by atoms with E-state index in [1.54, 1.807) is 0 Å². The van der Waals surface area contributed by atoms with Crippen LogP contribution in [0, 0.1) is 0 Å². The Labute approximate surface area is 221 Å². The minimum Gasteiger partial charge on any atom is -0.459 e. The van der Waals surface area contributed by atoms with Crippen molar-refractivity contribution in [3.63, 3.8) is 0 Å². The maximum atomic E-state index is 13.0. The molecule has 4 rings (SSSR count). The Balaban J connectivity index is 1.38. The van der Waals surface area contributed by atoms with E-state index in [-0.39, 0.29) is 25.6 Å². The van der Waals surface area contributed by atoms with E-state index >= 15 is 0 Å². The van der Waals surface area contributed by atoms with Gasteiger partial charge in [-0.2, -0.15) is 0 Å². The van der Waals surface area contributed by atoms with Crippen LogP contribution in [-0.4, -0.2) is 37.0 Å². The number of hydrogen-bond acceptors (Lipinski definition) is 6. The molecule has 0 spiro atoms. The summed E-state index contributed by atoms with van der Waals surface area (Å²) in [5.74, 6) is -1.96. The van der Waals surface area contributed by atoms with Crippen LogP contribution in [0.25, 0.3) is 11.1 Å². The Kier molecular flexibility index (Phi) is 9.29. The van der Waals surface area contributed by atoms with Crippen molar-refractivity contribution < 1.29 is 23.9 Å². The number of hydrogen-bond donors (Lipinski definition) is 2. The second-order valence-corrected chi connectivity index (χ2v) is 9.10. The number of esters is 1. The second-order valence-electron chi connectivity index (χ2n) is 8.83. The monoisotopic (exact) mass is 520 g/mol. The van der Waals surface area contributed by atoms with Crippen LogP contribution in [0.1, 0.15) is 41.9 Å². The number of nitrogens with one attached hydrogen (secondary N) is 2. The quantitative estimate of drug-likeness (QED) is 0.149. The van der Waals surface area contributed by atoms with Crippen LogP contribution in [0.15, 0.2) is 78.9 Å². The molecule has 2 N–H and O–H groups in total. The molecule has 7 nitrogen and oxygen atoms in total. The van der Waals surface area contributed by atoms with Crippen LogP contribution in [0.3, 0.4) is 0 Å². The first-order chi connectivity index (χ1) is 18.1. The molecule has 0 heterocycles. The summed E-state index contributed by atoms with van der Waals surface area (Å²) in [7, 11) is 0. The second kappa shape index (κ2) is 13.0. The molecule has 0 aromatic heterocycles. The third-order valence-electron chi connectivity index (χ3n) is 6.38. The molecule has 3 aromatic rings. The zero-order valence-corrected chi connectivity index (χ0v) is 21.1. The van der Waals surface area contributed by atoms with Crippen LogP contribution in [-0.2, 0) is 25.7 Å². The summed E-state index contributed by atoms with van der Waals surface area (Å²) in [5, 5.41) is 2.54. The van der Waals surface area contributed by atoms with Crippen LogP contribution >= 0.6 is 11.8 Å². The molecule has 1 amide bonds. The van der Waals surface area contributed by atoms with Crippen molar-refractivity contribution in [3.05, 3.63) is 95.6 Å². The SMILES string of the molecule is O=C(N[C@@H](CCCCNCl)C(=O)C(=O)OCC1c2ccccc2-c2ccccc21)OCc1ccccc1. The fraction of sp³-hybridized carbons (Fsp3) is 0.276. The van der Waals surface area contributed by atoms with Gasteiger partial charge in [0.1, 0.15) is 19.3 Å². The van der Waals surface area contributed by atoms with Gasteiger partial charge in [0.15, 0.2) is 0 Å². The minimum atomic E-state index is -1.06. The summed E-state index contributed by atoms with van der Waals surface area (Å²) < 4.78 is 10.8. The van der Waals surface area contributed by atoms with E-state index in [0.717, 1.165) is 27.8 Å². The zero-order chi connectivity index (χ0) is 26.0. The number of benzene rings is 3. The molecule has 192 valence electrons. The molecule has 0 radical (unpaired) electrons. The average molecular weight is 521 g/mol. The Morgan fingerprint density at radius 3 is 2.08 bits per heavy atom. The van der Waals surface area contributed by atoms with Gasteiger partial charge in [0, 0.05) is 12.5 Å². The first-order valence-corrected chi connectivity index (χ1v) is 12.7. The largest absolute Gasteiger partial charge is 0.459 e. The van der Waals surface area contributed by atoms with E-state index in [1.807, 2.05) is 78.9 Å². The molecule has 8 heteroatoms. The van der Waals surface area contributed by atoms with Gasteiger partial charge in [0.25, 0.3) is 5.78 Å². The molecule has 0 fully saturated rings. The van der Waals surface area contributed by atoms with Crippen molar-refractivity contribution in [2.24, 2.45) is 0 Å². The van der Waals surface area contributed by atoms with E-state index in [1.165, 1.54) is 0 Å². The van der Waals surface area contributed by atoms with Crippen LogP contribution in [0.5, 0.6) is 0 Å². The fourth-order valence-electron chi connectivity index (χ4n) is 4.53. The number of halogens is 1. The molecule has 0 bridgehead atoms. The van der Waals surface area contributed by atoms with E-state index in [4.69, 9.17) is 21.3 Å². The van der Waals surface area contributed by atoms with Crippen molar-refractivity contribution in [2.45, 2.75) is 37.8 Å². The van der Waals surface area contributed by atoms with Gasteiger partial charge >= 0.3 is 12.1 Å². The summed E-state index contributed by atoms with van der Waals surface area (Å²) in [6.45, 7) is 0.612. The van der Waals surface area contributed by atoms with E-state index in [9.17, 15) is 14.4 Å². The number of carbonyl (C=O) groups is 3. The van der Waals surface area contributed by atoms with Gasteiger partial charge in [0.2, 0.25) is 0 Å². The summed E-state index contributed by atoms with van der Waals surface area (Å²) in [5.41, 5.74) is 5.11. The van der Waals surface area contributed by atoms with Gasteiger partial charge in [-0.15, -0.1) is 0 Å². The number of fused-ring (bicyclic) bond motifs is 3. The lowest BCUT2D eigenvalue weighted by Crippen LogP contribution is -2.45. The standard InChI is InChI=1S/C29H29ClN2O5/c30-31-17-9-8-16-26(32-29(35)37-18-20-10-2-1-3-11-20)27(33)28(34)36-19-25-23-14-6-4-12-21(23)22-13-5-7-15-24(22)25/h1-7,10-15,25-26,31H,8-9,16-19H2,(H,32,35)/t26-/m0/s1. The third kappa shape index (κ3) is 6.76. The number of amides is 1. The molecule has 1 aliphatic rings. The van der Waals surface area contributed by atoms with E-state index in [0.29, 0.717) is 19.4 Å². The Morgan fingerprint density at radius 1 is 0.811 bits per heavy atom. The lowest BCUT2D eigenvalue weighted by Gasteiger charge is -2.18. The van der Waals surface area contributed by atoms with Crippen molar-refractivity contribution in [3.8, 4) is 11.1 Å². The molecular formula is C29H29ClN2O5. The smallest absolute Gasteiger partial charge is 0.408 e. The first-order valence-electron chi connectivity index (χ1n) is 12.3. The summed E-state index contributed by atoms with van der Waals surface area (Å²) in [4.78, 5) is 40.8. The minimum absolute atomic E-state index is 0.0277. The van der Waals surface area contributed by atoms with Crippen LogP contribution in [0.2, 0.25) is 0 Å². The van der Waals surface area contributed by atoms with Gasteiger partial charge in [-0.1, -0.05) is 78.9 Å². The number of alkyl carbamates (subject to hydrolysis) is 1. The Morgan fingerprint density at radius 2 is 1.43 bits per heavy atom. The van der Waals surface area contributed by atoms with Crippen molar-refractivity contribution >= 4 is 29.6 Å². The zero-order valence-electron chi connectivity index (χ0n) is 20.3. The van der Waals surface area contributed by atoms with Crippen molar-refractivity contribution in [1.82, 2.24) is 10.2 Å². The van der Waals surface area contributed by atoms with E-state index in [2.05, 4.69) is 10.2 Å². The van der Waals surface area contributed by atoms with Crippen molar-refractivity contribution in [1.29, 1.82) is 0 Å². The maximum Gasteiger partial charge on any atom is 0.408 e. The van der Waals surface area contributed by atoms with Gasteiger partial charge in [-0.3, -0.25) is 4.79 Å². The molecule has 0 saturated carbocycles.